The largest absolute Gasteiger partial charge is 0.491 e. The van der Waals surface area contributed by atoms with Crippen molar-refractivity contribution in [1.29, 1.82) is 0 Å². The quantitative estimate of drug-likeness (QED) is 0.852. The molecular weight excluding hydrogens is 274 g/mol. The van der Waals surface area contributed by atoms with Gasteiger partial charge in [-0.05, 0) is 49.2 Å². The zero-order valence-corrected chi connectivity index (χ0v) is 13.3. The molecule has 1 aliphatic heterocycles. The van der Waals surface area contributed by atoms with Crippen LogP contribution in [0.3, 0.4) is 0 Å². The van der Waals surface area contributed by atoms with Crippen molar-refractivity contribution in [3.05, 3.63) is 48.5 Å². The summed E-state index contributed by atoms with van der Waals surface area (Å²) in [6, 6.07) is 17.0. The molecule has 0 atom stereocenters. The van der Waals surface area contributed by atoms with E-state index >= 15 is 0 Å². The zero-order chi connectivity index (χ0) is 15.4. The first kappa shape index (κ1) is 14.9. The van der Waals surface area contributed by atoms with Crippen LogP contribution in [-0.2, 0) is 4.74 Å². The van der Waals surface area contributed by atoms with Crippen molar-refractivity contribution < 1.29 is 9.47 Å². The zero-order valence-electron chi connectivity index (χ0n) is 13.3. The Morgan fingerprint density at radius 3 is 2.36 bits per heavy atom. The lowest BCUT2D eigenvalue weighted by Crippen LogP contribution is -2.36. The average molecular weight is 297 g/mol. The second kappa shape index (κ2) is 6.84. The summed E-state index contributed by atoms with van der Waals surface area (Å²) < 4.78 is 11.1. The molecule has 0 radical (unpaired) electrons. The summed E-state index contributed by atoms with van der Waals surface area (Å²) in [5.41, 5.74) is 3.72. The Hall–Kier alpha value is -2.00. The maximum absolute atomic E-state index is 5.70. The minimum Gasteiger partial charge on any atom is -0.491 e. The predicted molar refractivity (Wildman–Crippen MR) is 90.7 cm³/mol. The van der Waals surface area contributed by atoms with Crippen LogP contribution in [0.5, 0.6) is 5.75 Å². The van der Waals surface area contributed by atoms with Gasteiger partial charge in [0.1, 0.15) is 5.75 Å². The van der Waals surface area contributed by atoms with E-state index < -0.39 is 0 Å². The number of rotatable bonds is 4. The Balaban J connectivity index is 1.79. The van der Waals surface area contributed by atoms with Crippen molar-refractivity contribution >= 4 is 5.69 Å². The standard InChI is InChI=1S/C19H23NO2/c1-15(2)22-19-8-6-16(7-9-19)17-4-3-5-18(14-17)20-10-12-21-13-11-20/h3-9,14-15H,10-13H2,1-2H3. The molecule has 0 N–H and O–H groups in total. The first-order valence-corrected chi connectivity index (χ1v) is 7.92. The second-order valence-electron chi connectivity index (χ2n) is 5.84. The van der Waals surface area contributed by atoms with Gasteiger partial charge in [0.2, 0.25) is 0 Å². The van der Waals surface area contributed by atoms with Crippen molar-refractivity contribution in [1.82, 2.24) is 0 Å². The van der Waals surface area contributed by atoms with Gasteiger partial charge in [-0.15, -0.1) is 0 Å². The van der Waals surface area contributed by atoms with Crippen molar-refractivity contribution in [3.63, 3.8) is 0 Å². The van der Waals surface area contributed by atoms with Crippen molar-refractivity contribution in [2.45, 2.75) is 20.0 Å². The minimum atomic E-state index is 0.204. The van der Waals surface area contributed by atoms with Gasteiger partial charge in [-0.1, -0.05) is 24.3 Å². The SMILES string of the molecule is CC(C)Oc1ccc(-c2cccc(N3CCOCC3)c2)cc1. The van der Waals surface area contributed by atoms with Crippen molar-refractivity contribution in [2.75, 3.05) is 31.2 Å². The van der Waals surface area contributed by atoms with E-state index in [1.165, 1.54) is 16.8 Å². The number of nitrogens with zero attached hydrogens (tertiary/aromatic N) is 1. The van der Waals surface area contributed by atoms with Crippen molar-refractivity contribution in [2.24, 2.45) is 0 Å². The van der Waals surface area contributed by atoms with Crippen LogP contribution in [0.15, 0.2) is 48.5 Å². The number of benzene rings is 2. The summed E-state index contributed by atoms with van der Waals surface area (Å²) in [5.74, 6) is 0.920. The Morgan fingerprint density at radius 1 is 0.955 bits per heavy atom. The number of anilines is 1. The monoisotopic (exact) mass is 297 g/mol. The molecule has 0 unspecified atom stereocenters. The molecule has 3 rings (SSSR count). The molecular formula is C19H23NO2. The predicted octanol–water partition coefficient (Wildman–Crippen LogP) is 3.98. The highest BCUT2D eigenvalue weighted by molar-refractivity contribution is 5.69. The van der Waals surface area contributed by atoms with Crippen LogP contribution in [0.2, 0.25) is 0 Å². The number of ether oxygens (including phenoxy) is 2. The van der Waals surface area contributed by atoms with E-state index in [0.717, 1.165) is 32.1 Å². The van der Waals surface area contributed by atoms with Gasteiger partial charge in [0.25, 0.3) is 0 Å². The molecule has 1 heterocycles. The number of hydrogen-bond donors (Lipinski definition) is 0. The third kappa shape index (κ3) is 3.60. The van der Waals surface area contributed by atoms with E-state index in [9.17, 15) is 0 Å². The summed E-state index contributed by atoms with van der Waals surface area (Å²) in [7, 11) is 0. The molecule has 2 aromatic carbocycles. The van der Waals surface area contributed by atoms with Gasteiger partial charge in [0.05, 0.1) is 19.3 Å². The van der Waals surface area contributed by atoms with E-state index in [1.807, 2.05) is 26.0 Å². The highest BCUT2D eigenvalue weighted by Gasteiger charge is 2.11. The van der Waals surface area contributed by atoms with E-state index in [4.69, 9.17) is 9.47 Å². The molecule has 0 aliphatic carbocycles. The third-order valence-electron chi connectivity index (χ3n) is 3.78. The van der Waals surface area contributed by atoms with Crippen molar-refractivity contribution in [3.8, 4) is 16.9 Å². The molecule has 0 saturated carbocycles. The Labute approximate surface area is 132 Å². The Morgan fingerprint density at radius 2 is 1.68 bits per heavy atom. The summed E-state index contributed by atoms with van der Waals surface area (Å²) in [6.07, 6.45) is 0.204. The van der Waals surface area contributed by atoms with E-state index in [0.29, 0.717) is 0 Å². The van der Waals surface area contributed by atoms with Crippen LogP contribution in [0.25, 0.3) is 11.1 Å². The molecule has 0 bridgehead atoms. The van der Waals surface area contributed by atoms with Crippen LogP contribution in [-0.4, -0.2) is 32.4 Å². The molecule has 0 spiro atoms. The summed E-state index contributed by atoms with van der Waals surface area (Å²) in [6.45, 7) is 7.63. The van der Waals surface area contributed by atoms with Gasteiger partial charge in [-0.25, -0.2) is 0 Å². The van der Waals surface area contributed by atoms with E-state index in [2.05, 4.69) is 41.3 Å². The Kier molecular flexibility index (Phi) is 4.64. The van der Waals surface area contributed by atoms with Gasteiger partial charge in [0.15, 0.2) is 0 Å². The normalized spacial score (nSPS) is 15.1. The fourth-order valence-electron chi connectivity index (χ4n) is 2.70. The van der Waals surface area contributed by atoms with Gasteiger partial charge >= 0.3 is 0 Å². The molecule has 1 saturated heterocycles. The minimum absolute atomic E-state index is 0.204. The molecule has 2 aromatic rings. The molecule has 1 aliphatic rings. The lowest BCUT2D eigenvalue weighted by Gasteiger charge is -2.29. The number of hydrogen-bond acceptors (Lipinski definition) is 3. The average Bonchev–Trinajstić information content (AvgIpc) is 2.56. The van der Waals surface area contributed by atoms with Crippen LogP contribution in [0, 0.1) is 0 Å². The molecule has 3 nitrogen and oxygen atoms in total. The first-order valence-electron chi connectivity index (χ1n) is 7.92. The second-order valence-corrected chi connectivity index (χ2v) is 5.84. The highest BCUT2D eigenvalue weighted by atomic mass is 16.5. The number of morpholine rings is 1. The molecule has 0 aromatic heterocycles. The first-order chi connectivity index (χ1) is 10.7. The van der Waals surface area contributed by atoms with E-state index in [-0.39, 0.29) is 6.10 Å². The fourth-order valence-corrected chi connectivity index (χ4v) is 2.70. The maximum Gasteiger partial charge on any atom is 0.119 e. The van der Waals surface area contributed by atoms with E-state index in [1.54, 1.807) is 0 Å². The lowest BCUT2D eigenvalue weighted by atomic mass is 10.0. The smallest absolute Gasteiger partial charge is 0.119 e. The fraction of sp³-hybridized carbons (Fsp3) is 0.368. The van der Waals surface area contributed by atoms with Crippen LogP contribution >= 0.6 is 0 Å². The molecule has 22 heavy (non-hydrogen) atoms. The topological polar surface area (TPSA) is 21.7 Å². The van der Waals surface area contributed by atoms with Gasteiger partial charge in [-0.3, -0.25) is 0 Å². The highest BCUT2D eigenvalue weighted by Crippen LogP contribution is 2.27. The Bertz CT molecular complexity index is 601. The molecule has 1 fully saturated rings. The van der Waals surface area contributed by atoms with Crippen LogP contribution in [0.4, 0.5) is 5.69 Å². The summed E-state index contributed by atoms with van der Waals surface area (Å²) in [5, 5.41) is 0. The molecule has 3 heteroatoms. The summed E-state index contributed by atoms with van der Waals surface area (Å²) in [4.78, 5) is 2.38. The third-order valence-corrected chi connectivity index (χ3v) is 3.78. The van der Waals surface area contributed by atoms with Gasteiger partial charge in [-0.2, -0.15) is 0 Å². The van der Waals surface area contributed by atoms with Crippen LogP contribution in [0.1, 0.15) is 13.8 Å². The van der Waals surface area contributed by atoms with Crippen LogP contribution < -0.4 is 9.64 Å². The summed E-state index contributed by atoms with van der Waals surface area (Å²) >= 11 is 0. The maximum atomic E-state index is 5.70. The molecule has 116 valence electrons. The lowest BCUT2D eigenvalue weighted by molar-refractivity contribution is 0.122. The van der Waals surface area contributed by atoms with Gasteiger partial charge in [0, 0.05) is 18.8 Å². The van der Waals surface area contributed by atoms with Gasteiger partial charge < -0.3 is 14.4 Å². The molecule has 0 amide bonds.